The summed E-state index contributed by atoms with van der Waals surface area (Å²) in [5.74, 6) is -0.0793. The normalized spacial score (nSPS) is 20.6. The Labute approximate surface area is 103 Å². The van der Waals surface area contributed by atoms with Crippen molar-refractivity contribution in [2.75, 3.05) is 18.1 Å². The molecule has 1 aliphatic heterocycles. The first-order valence-electron chi connectivity index (χ1n) is 4.84. The fourth-order valence-corrected chi connectivity index (χ4v) is 2.20. The number of pyridine rings is 1. The minimum atomic E-state index is -0.0509. The molecule has 1 aliphatic rings. The number of carbonyl (C=O) groups excluding carboxylic acids is 1. The van der Waals surface area contributed by atoms with E-state index in [9.17, 15) is 4.79 Å². The molecule has 1 aromatic rings. The standard InChI is InChI=1S/C10H10Cl2N2O2/c11-7-2-9(12)13-3-8(7)14-4-6(5-15)1-10(14)16/h2-3,6,15H,1,4-5H2. The van der Waals surface area contributed by atoms with Crippen molar-refractivity contribution in [2.24, 2.45) is 5.92 Å². The fourth-order valence-electron chi connectivity index (χ4n) is 1.74. The van der Waals surface area contributed by atoms with Crippen LogP contribution < -0.4 is 4.90 Å². The Morgan fingerprint density at radius 1 is 1.56 bits per heavy atom. The van der Waals surface area contributed by atoms with Crippen LogP contribution in [0.25, 0.3) is 0 Å². The van der Waals surface area contributed by atoms with Crippen molar-refractivity contribution in [3.63, 3.8) is 0 Å². The van der Waals surface area contributed by atoms with Crippen LogP contribution in [0.15, 0.2) is 12.3 Å². The second kappa shape index (κ2) is 4.57. The van der Waals surface area contributed by atoms with E-state index in [0.29, 0.717) is 28.8 Å². The molecule has 1 unspecified atom stereocenters. The van der Waals surface area contributed by atoms with Gasteiger partial charge < -0.3 is 10.0 Å². The summed E-state index contributed by atoms with van der Waals surface area (Å²) >= 11 is 11.7. The van der Waals surface area contributed by atoms with Crippen molar-refractivity contribution in [3.8, 4) is 0 Å². The number of rotatable bonds is 2. The fraction of sp³-hybridized carbons (Fsp3) is 0.400. The Kier molecular flexibility index (Phi) is 3.33. The van der Waals surface area contributed by atoms with E-state index < -0.39 is 0 Å². The first-order valence-corrected chi connectivity index (χ1v) is 5.59. The summed E-state index contributed by atoms with van der Waals surface area (Å²) in [5.41, 5.74) is 0.548. The summed E-state index contributed by atoms with van der Waals surface area (Å²) in [6, 6.07) is 1.50. The maximum absolute atomic E-state index is 11.7. The molecule has 2 heterocycles. The molecule has 2 rings (SSSR count). The third-order valence-electron chi connectivity index (χ3n) is 2.55. The number of hydrogen-bond donors (Lipinski definition) is 1. The molecule has 0 saturated carbocycles. The van der Waals surface area contributed by atoms with Gasteiger partial charge in [0.15, 0.2) is 0 Å². The van der Waals surface area contributed by atoms with Gasteiger partial charge in [-0.25, -0.2) is 4.98 Å². The number of aliphatic hydroxyl groups excluding tert-OH is 1. The summed E-state index contributed by atoms with van der Waals surface area (Å²) in [5, 5.41) is 9.70. The lowest BCUT2D eigenvalue weighted by atomic mass is 10.1. The molecule has 0 spiro atoms. The number of hydrogen-bond acceptors (Lipinski definition) is 3. The molecule has 16 heavy (non-hydrogen) atoms. The molecule has 6 heteroatoms. The number of carbonyl (C=O) groups is 1. The van der Waals surface area contributed by atoms with Crippen molar-refractivity contribution in [1.82, 2.24) is 4.98 Å². The molecular formula is C10H10Cl2N2O2. The number of anilines is 1. The van der Waals surface area contributed by atoms with Crippen molar-refractivity contribution >= 4 is 34.8 Å². The first kappa shape index (κ1) is 11.6. The molecule has 0 aliphatic carbocycles. The van der Waals surface area contributed by atoms with Gasteiger partial charge in [-0.15, -0.1) is 0 Å². The maximum atomic E-state index is 11.7. The number of nitrogens with zero attached hydrogens (tertiary/aromatic N) is 2. The minimum absolute atomic E-state index is 0.000870. The molecule has 0 aromatic carbocycles. The summed E-state index contributed by atoms with van der Waals surface area (Å²) in [6.07, 6.45) is 1.82. The van der Waals surface area contributed by atoms with Crippen LogP contribution in [-0.4, -0.2) is 29.1 Å². The summed E-state index contributed by atoms with van der Waals surface area (Å²) < 4.78 is 0. The molecule has 1 aromatic heterocycles. The van der Waals surface area contributed by atoms with Crippen LogP contribution >= 0.6 is 23.2 Å². The Balaban J connectivity index is 2.28. The molecule has 0 bridgehead atoms. The number of aromatic nitrogens is 1. The lowest BCUT2D eigenvalue weighted by Crippen LogP contribution is -2.25. The van der Waals surface area contributed by atoms with E-state index in [1.54, 1.807) is 0 Å². The predicted octanol–water partition coefficient (Wildman–Crippen LogP) is 1.73. The molecule has 1 amide bonds. The second-order valence-electron chi connectivity index (χ2n) is 3.72. The van der Waals surface area contributed by atoms with E-state index in [4.69, 9.17) is 28.3 Å². The Hall–Kier alpha value is -0.840. The average Bonchev–Trinajstić information content (AvgIpc) is 2.60. The smallest absolute Gasteiger partial charge is 0.227 e. The largest absolute Gasteiger partial charge is 0.396 e. The van der Waals surface area contributed by atoms with Gasteiger partial charge in [-0.1, -0.05) is 23.2 Å². The zero-order chi connectivity index (χ0) is 11.7. The monoisotopic (exact) mass is 260 g/mol. The van der Waals surface area contributed by atoms with E-state index in [1.165, 1.54) is 17.2 Å². The van der Waals surface area contributed by atoms with Gasteiger partial charge in [-0.2, -0.15) is 0 Å². The summed E-state index contributed by atoms with van der Waals surface area (Å²) in [6.45, 7) is 0.471. The molecular weight excluding hydrogens is 251 g/mol. The lowest BCUT2D eigenvalue weighted by Gasteiger charge is -2.17. The summed E-state index contributed by atoms with van der Waals surface area (Å²) in [7, 11) is 0. The highest BCUT2D eigenvalue weighted by Crippen LogP contribution is 2.31. The molecule has 1 N–H and O–H groups in total. The van der Waals surface area contributed by atoms with Crippen LogP contribution in [0.4, 0.5) is 5.69 Å². The summed E-state index contributed by atoms with van der Waals surface area (Å²) in [4.78, 5) is 17.1. The predicted molar refractivity (Wildman–Crippen MR) is 61.8 cm³/mol. The Morgan fingerprint density at radius 2 is 2.31 bits per heavy atom. The van der Waals surface area contributed by atoms with Gasteiger partial charge in [-0.05, 0) is 6.07 Å². The second-order valence-corrected chi connectivity index (χ2v) is 4.51. The molecule has 0 radical (unpaired) electrons. The van der Waals surface area contributed by atoms with Crippen LogP contribution in [0.5, 0.6) is 0 Å². The Bertz CT molecular complexity index is 425. The topological polar surface area (TPSA) is 53.4 Å². The van der Waals surface area contributed by atoms with Crippen molar-refractivity contribution < 1.29 is 9.90 Å². The van der Waals surface area contributed by atoms with Gasteiger partial charge in [0.25, 0.3) is 0 Å². The highest BCUT2D eigenvalue weighted by molar-refractivity contribution is 6.36. The maximum Gasteiger partial charge on any atom is 0.227 e. The van der Waals surface area contributed by atoms with Crippen LogP contribution in [-0.2, 0) is 4.79 Å². The van der Waals surface area contributed by atoms with Crippen molar-refractivity contribution in [1.29, 1.82) is 0 Å². The first-order chi connectivity index (χ1) is 7.61. The third kappa shape index (κ3) is 2.14. The van der Waals surface area contributed by atoms with Gasteiger partial charge in [0.05, 0.1) is 16.9 Å². The number of halogens is 2. The molecule has 1 fully saturated rings. The third-order valence-corrected chi connectivity index (χ3v) is 3.06. The van der Waals surface area contributed by atoms with Gasteiger partial charge in [0.2, 0.25) is 5.91 Å². The van der Waals surface area contributed by atoms with Gasteiger partial charge in [-0.3, -0.25) is 4.79 Å². The van der Waals surface area contributed by atoms with Crippen LogP contribution in [0.1, 0.15) is 6.42 Å². The zero-order valence-corrected chi connectivity index (χ0v) is 9.87. The molecule has 4 nitrogen and oxygen atoms in total. The molecule has 1 saturated heterocycles. The van der Waals surface area contributed by atoms with Gasteiger partial charge in [0, 0.05) is 25.5 Å². The van der Waals surface area contributed by atoms with Crippen LogP contribution in [0.2, 0.25) is 10.2 Å². The highest BCUT2D eigenvalue weighted by Gasteiger charge is 2.31. The van der Waals surface area contributed by atoms with E-state index in [2.05, 4.69) is 4.98 Å². The van der Waals surface area contributed by atoms with Crippen LogP contribution in [0, 0.1) is 5.92 Å². The lowest BCUT2D eigenvalue weighted by molar-refractivity contribution is -0.117. The van der Waals surface area contributed by atoms with Gasteiger partial charge >= 0.3 is 0 Å². The van der Waals surface area contributed by atoms with Crippen molar-refractivity contribution in [2.45, 2.75) is 6.42 Å². The molecule has 1 atom stereocenters. The van der Waals surface area contributed by atoms with Crippen LogP contribution in [0.3, 0.4) is 0 Å². The van der Waals surface area contributed by atoms with E-state index in [-0.39, 0.29) is 18.4 Å². The van der Waals surface area contributed by atoms with Gasteiger partial charge in [0.1, 0.15) is 5.15 Å². The Morgan fingerprint density at radius 3 is 2.88 bits per heavy atom. The van der Waals surface area contributed by atoms with Crippen molar-refractivity contribution in [3.05, 3.63) is 22.4 Å². The zero-order valence-electron chi connectivity index (χ0n) is 8.36. The highest BCUT2D eigenvalue weighted by atomic mass is 35.5. The van der Waals surface area contributed by atoms with E-state index >= 15 is 0 Å². The SMILES string of the molecule is O=C1CC(CO)CN1c1cnc(Cl)cc1Cl. The number of amides is 1. The average molecular weight is 261 g/mol. The molecule has 86 valence electrons. The number of aliphatic hydroxyl groups is 1. The van der Waals surface area contributed by atoms with E-state index in [0.717, 1.165) is 0 Å². The van der Waals surface area contributed by atoms with E-state index in [1.807, 2.05) is 0 Å². The quantitative estimate of drug-likeness (QED) is 0.825. The minimum Gasteiger partial charge on any atom is -0.396 e.